The maximum absolute atomic E-state index is 10.2. The van der Waals surface area contributed by atoms with Crippen molar-refractivity contribution in [3.05, 3.63) is 23.0 Å². The molecule has 18 heavy (non-hydrogen) atoms. The van der Waals surface area contributed by atoms with Crippen LogP contribution in [0.4, 0.5) is 0 Å². The highest BCUT2D eigenvalue weighted by Gasteiger charge is 2.20. The van der Waals surface area contributed by atoms with Crippen LogP contribution in [-0.2, 0) is 0 Å². The van der Waals surface area contributed by atoms with Gasteiger partial charge in [0, 0.05) is 0 Å². The van der Waals surface area contributed by atoms with Crippen molar-refractivity contribution in [2.24, 2.45) is 0 Å². The molecule has 0 saturated carbocycles. The van der Waals surface area contributed by atoms with Crippen LogP contribution in [0.3, 0.4) is 0 Å². The number of hydrogen-bond acceptors (Lipinski definition) is 2. The lowest BCUT2D eigenvalue weighted by molar-refractivity contribution is 0.136. The molecule has 1 unspecified atom stereocenters. The largest absolute Gasteiger partial charge is 0.509 e. The molecule has 102 valence electrons. The minimum atomic E-state index is -0.633. The second-order valence-corrected chi connectivity index (χ2v) is 5.66. The van der Waals surface area contributed by atoms with E-state index in [0.29, 0.717) is 6.42 Å². The molecule has 0 amide bonds. The second-order valence-electron chi connectivity index (χ2n) is 5.66. The van der Waals surface area contributed by atoms with Gasteiger partial charge in [-0.25, -0.2) is 0 Å². The third-order valence-electron chi connectivity index (χ3n) is 4.21. The van der Waals surface area contributed by atoms with Crippen LogP contribution < -0.4 is 0 Å². The zero-order valence-corrected chi connectivity index (χ0v) is 11.3. The Morgan fingerprint density at radius 1 is 0.889 bits per heavy atom. The summed E-state index contributed by atoms with van der Waals surface area (Å²) in [5.41, 5.74) is 2.37. The van der Waals surface area contributed by atoms with Gasteiger partial charge in [0.15, 0.2) is 0 Å². The van der Waals surface area contributed by atoms with Gasteiger partial charge in [0.25, 0.3) is 0 Å². The Labute approximate surface area is 110 Å². The van der Waals surface area contributed by atoms with E-state index in [1.165, 1.54) is 37.7 Å². The Morgan fingerprint density at radius 2 is 1.61 bits per heavy atom. The molecule has 2 aliphatic carbocycles. The molecule has 0 aromatic rings. The van der Waals surface area contributed by atoms with Crippen molar-refractivity contribution in [3.63, 3.8) is 0 Å². The van der Waals surface area contributed by atoms with E-state index in [9.17, 15) is 10.2 Å². The van der Waals surface area contributed by atoms with Crippen molar-refractivity contribution in [2.75, 3.05) is 0 Å². The summed E-state index contributed by atoms with van der Waals surface area (Å²) in [7, 11) is 0. The van der Waals surface area contributed by atoms with Crippen molar-refractivity contribution in [1.29, 1.82) is 0 Å². The Bertz CT molecular complexity index is 328. The summed E-state index contributed by atoms with van der Waals surface area (Å²) in [6, 6.07) is 0. The molecule has 2 rings (SSSR count). The zero-order chi connectivity index (χ0) is 12.8. The maximum Gasteiger partial charge on any atom is 0.124 e. The number of allylic oxidation sites excluding steroid dienone is 3. The van der Waals surface area contributed by atoms with Crippen LogP contribution in [0.15, 0.2) is 23.0 Å². The fourth-order valence-corrected chi connectivity index (χ4v) is 3.07. The third kappa shape index (κ3) is 3.61. The molecule has 0 radical (unpaired) electrons. The predicted molar refractivity (Wildman–Crippen MR) is 74.5 cm³/mol. The molecule has 2 aliphatic rings. The smallest absolute Gasteiger partial charge is 0.124 e. The summed E-state index contributed by atoms with van der Waals surface area (Å²) in [4.78, 5) is 0. The second kappa shape index (κ2) is 6.98. The van der Waals surface area contributed by atoms with E-state index >= 15 is 0 Å². The molecule has 2 N–H and O–H groups in total. The lowest BCUT2D eigenvalue weighted by atomic mass is 9.87. The summed E-state index contributed by atoms with van der Waals surface area (Å²) in [6.45, 7) is 0. The molecule has 2 heteroatoms. The van der Waals surface area contributed by atoms with Gasteiger partial charge in [-0.1, -0.05) is 31.8 Å². The van der Waals surface area contributed by atoms with Gasteiger partial charge in [0.1, 0.15) is 11.9 Å². The minimum absolute atomic E-state index is 0.265. The molecular formula is C16H26O2. The van der Waals surface area contributed by atoms with Gasteiger partial charge in [-0.15, -0.1) is 0 Å². The van der Waals surface area contributed by atoms with Crippen molar-refractivity contribution in [2.45, 2.75) is 76.7 Å². The summed E-state index contributed by atoms with van der Waals surface area (Å²) < 4.78 is 0. The first kappa shape index (κ1) is 13.7. The Balaban J connectivity index is 2.20. The molecule has 0 heterocycles. The standard InChI is InChI=1S/C16H26O2/c17-15-12-8-4-7-11-14(16(15)18)13-9-5-2-1-3-6-10-13/h9,15,17-18H,1-8,10-12H2. The number of aliphatic hydroxyl groups excluding tert-OH is 2. The Hall–Kier alpha value is -0.760. The molecule has 0 bridgehead atoms. The van der Waals surface area contributed by atoms with Gasteiger partial charge in [0.2, 0.25) is 0 Å². The van der Waals surface area contributed by atoms with Gasteiger partial charge in [-0.05, 0) is 56.1 Å². The van der Waals surface area contributed by atoms with Crippen LogP contribution in [0.1, 0.15) is 70.6 Å². The van der Waals surface area contributed by atoms with E-state index in [0.717, 1.165) is 37.7 Å². The lowest BCUT2D eigenvalue weighted by Gasteiger charge is -2.22. The summed E-state index contributed by atoms with van der Waals surface area (Å²) in [5.74, 6) is 0.265. The molecule has 0 aromatic carbocycles. The number of aliphatic hydroxyl groups is 2. The fourth-order valence-electron chi connectivity index (χ4n) is 3.07. The topological polar surface area (TPSA) is 40.5 Å². The first-order valence-corrected chi connectivity index (χ1v) is 7.58. The predicted octanol–water partition coefficient (Wildman–Crippen LogP) is 4.40. The van der Waals surface area contributed by atoms with Crippen molar-refractivity contribution >= 4 is 0 Å². The van der Waals surface area contributed by atoms with E-state index in [4.69, 9.17) is 0 Å². The number of hydrogen-bond donors (Lipinski definition) is 2. The van der Waals surface area contributed by atoms with Crippen molar-refractivity contribution < 1.29 is 10.2 Å². The third-order valence-corrected chi connectivity index (χ3v) is 4.21. The van der Waals surface area contributed by atoms with Crippen LogP contribution in [0.25, 0.3) is 0 Å². The van der Waals surface area contributed by atoms with Gasteiger partial charge in [-0.3, -0.25) is 0 Å². The maximum atomic E-state index is 10.2. The van der Waals surface area contributed by atoms with Crippen LogP contribution in [0.2, 0.25) is 0 Å². The van der Waals surface area contributed by atoms with Crippen molar-refractivity contribution in [3.8, 4) is 0 Å². The van der Waals surface area contributed by atoms with Gasteiger partial charge in [0.05, 0.1) is 0 Å². The van der Waals surface area contributed by atoms with Gasteiger partial charge < -0.3 is 10.2 Å². The first-order chi connectivity index (χ1) is 8.79. The van der Waals surface area contributed by atoms with Gasteiger partial charge in [-0.2, -0.15) is 0 Å². The molecule has 0 aromatic heterocycles. The Kier molecular flexibility index (Phi) is 5.30. The SMILES string of the molecule is OC1=C(C2=CCCCCCC2)CCCCCC1O. The highest BCUT2D eigenvalue weighted by molar-refractivity contribution is 5.34. The number of rotatable bonds is 1. The molecule has 0 fully saturated rings. The lowest BCUT2D eigenvalue weighted by Crippen LogP contribution is -2.15. The molecule has 0 spiro atoms. The molecular weight excluding hydrogens is 224 g/mol. The van der Waals surface area contributed by atoms with Crippen molar-refractivity contribution in [1.82, 2.24) is 0 Å². The normalized spacial score (nSPS) is 27.8. The summed E-state index contributed by atoms with van der Waals surface area (Å²) in [6.07, 6.45) is 14.0. The fraction of sp³-hybridized carbons (Fsp3) is 0.750. The van der Waals surface area contributed by atoms with E-state index in [-0.39, 0.29) is 5.76 Å². The molecule has 0 saturated heterocycles. The highest BCUT2D eigenvalue weighted by Crippen LogP contribution is 2.31. The average molecular weight is 250 g/mol. The van der Waals surface area contributed by atoms with Crippen LogP contribution in [-0.4, -0.2) is 16.3 Å². The van der Waals surface area contributed by atoms with E-state index < -0.39 is 6.10 Å². The van der Waals surface area contributed by atoms with E-state index in [2.05, 4.69) is 6.08 Å². The Morgan fingerprint density at radius 3 is 2.50 bits per heavy atom. The van der Waals surface area contributed by atoms with Crippen LogP contribution >= 0.6 is 0 Å². The highest BCUT2D eigenvalue weighted by atomic mass is 16.3. The summed E-state index contributed by atoms with van der Waals surface area (Å²) >= 11 is 0. The molecule has 0 aliphatic heterocycles. The molecule has 2 nitrogen and oxygen atoms in total. The van der Waals surface area contributed by atoms with Crippen LogP contribution in [0.5, 0.6) is 0 Å². The zero-order valence-electron chi connectivity index (χ0n) is 11.3. The molecule has 1 atom stereocenters. The average Bonchev–Trinajstić information content (AvgIpc) is 2.32. The van der Waals surface area contributed by atoms with Crippen LogP contribution in [0, 0.1) is 0 Å². The minimum Gasteiger partial charge on any atom is -0.509 e. The van der Waals surface area contributed by atoms with E-state index in [1.807, 2.05) is 0 Å². The first-order valence-electron chi connectivity index (χ1n) is 7.58. The quantitative estimate of drug-likeness (QED) is 0.724. The summed E-state index contributed by atoms with van der Waals surface area (Å²) in [5, 5.41) is 20.2. The van der Waals surface area contributed by atoms with E-state index in [1.54, 1.807) is 0 Å². The monoisotopic (exact) mass is 250 g/mol. The van der Waals surface area contributed by atoms with Gasteiger partial charge >= 0.3 is 0 Å².